The Bertz CT molecular complexity index is 502. The summed E-state index contributed by atoms with van der Waals surface area (Å²) in [6.07, 6.45) is -4.83. The van der Waals surface area contributed by atoms with Crippen molar-refractivity contribution in [1.82, 2.24) is 4.90 Å². The molecule has 1 atom stereocenters. The van der Waals surface area contributed by atoms with Gasteiger partial charge in [-0.3, -0.25) is 4.79 Å². The molecule has 0 radical (unpaired) electrons. The summed E-state index contributed by atoms with van der Waals surface area (Å²) in [5.74, 6) is -3.12. The van der Waals surface area contributed by atoms with Crippen LogP contribution in [0, 0.1) is 11.6 Å². The van der Waals surface area contributed by atoms with Gasteiger partial charge in [0.15, 0.2) is 11.6 Å². The fraction of sp³-hybridized carbons (Fsp3) is 0.462. The van der Waals surface area contributed by atoms with E-state index in [1.54, 1.807) is 0 Å². The molecule has 1 aromatic carbocycles. The van der Waals surface area contributed by atoms with Crippen LogP contribution in [0.3, 0.4) is 0 Å². The lowest BCUT2D eigenvalue weighted by Crippen LogP contribution is -2.47. The van der Waals surface area contributed by atoms with E-state index in [4.69, 9.17) is 5.73 Å². The monoisotopic (exact) mass is 310 g/mol. The second-order valence-corrected chi connectivity index (χ2v) is 4.63. The average molecular weight is 310 g/mol. The smallest absolute Gasteiger partial charge is 0.332 e. The summed E-state index contributed by atoms with van der Waals surface area (Å²) in [6.45, 7) is -0.626. The van der Waals surface area contributed by atoms with Crippen LogP contribution in [0.1, 0.15) is 12.5 Å². The molecule has 0 fully saturated rings. The SMILES string of the molecule is C[C@@H](N)C(=O)N(CCc1cccc(F)c1F)CC(F)(F)F. The van der Waals surface area contributed by atoms with Gasteiger partial charge in [0.25, 0.3) is 0 Å². The van der Waals surface area contributed by atoms with E-state index in [1.807, 2.05) is 0 Å². The molecule has 0 aliphatic carbocycles. The first-order chi connectivity index (χ1) is 9.61. The van der Waals surface area contributed by atoms with Crippen molar-refractivity contribution in [2.24, 2.45) is 5.73 Å². The van der Waals surface area contributed by atoms with Gasteiger partial charge in [0.1, 0.15) is 6.54 Å². The Labute approximate surface area is 118 Å². The zero-order valence-corrected chi connectivity index (χ0v) is 11.3. The second-order valence-electron chi connectivity index (χ2n) is 4.63. The van der Waals surface area contributed by atoms with E-state index >= 15 is 0 Å². The largest absolute Gasteiger partial charge is 0.406 e. The molecule has 0 aliphatic rings. The van der Waals surface area contributed by atoms with E-state index in [0.29, 0.717) is 4.90 Å². The highest BCUT2D eigenvalue weighted by molar-refractivity contribution is 5.81. The predicted octanol–water partition coefficient (Wildman–Crippen LogP) is 2.25. The Balaban J connectivity index is 2.82. The Morgan fingerprint density at radius 3 is 2.48 bits per heavy atom. The van der Waals surface area contributed by atoms with Gasteiger partial charge in [-0.15, -0.1) is 0 Å². The first-order valence-electron chi connectivity index (χ1n) is 6.16. The highest BCUT2D eigenvalue weighted by Crippen LogP contribution is 2.18. The molecule has 1 rings (SSSR count). The van der Waals surface area contributed by atoms with E-state index in [-0.39, 0.29) is 12.0 Å². The number of halogens is 5. The molecule has 21 heavy (non-hydrogen) atoms. The van der Waals surface area contributed by atoms with Gasteiger partial charge in [0, 0.05) is 6.54 Å². The molecule has 0 saturated heterocycles. The Kier molecular flexibility index (Phi) is 5.65. The van der Waals surface area contributed by atoms with Crippen LogP contribution in [0.2, 0.25) is 0 Å². The number of nitrogens with zero attached hydrogens (tertiary/aromatic N) is 1. The number of benzene rings is 1. The van der Waals surface area contributed by atoms with E-state index in [1.165, 1.54) is 19.1 Å². The minimum absolute atomic E-state index is 0.0975. The van der Waals surface area contributed by atoms with Gasteiger partial charge in [-0.25, -0.2) is 8.78 Å². The van der Waals surface area contributed by atoms with Crippen LogP contribution in [0.4, 0.5) is 22.0 Å². The lowest BCUT2D eigenvalue weighted by Gasteiger charge is -2.25. The van der Waals surface area contributed by atoms with E-state index in [9.17, 15) is 26.7 Å². The van der Waals surface area contributed by atoms with Gasteiger partial charge < -0.3 is 10.6 Å². The highest BCUT2D eigenvalue weighted by Gasteiger charge is 2.33. The molecule has 0 heterocycles. The first-order valence-corrected chi connectivity index (χ1v) is 6.16. The number of alkyl halides is 3. The third kappa shape index (κ3) is 5.30. The summed E-state index contributed by atoms with van der Waals surface area (Å²) in [5.41, 5.74) is 5.19. The maximum absolute atomic E-state index is 13.4. The summed E-state index contributed by atoms with van der Waals surface area (Å²) >= 11 is 0. The summed E-state index contributed by atoms with van der Waals surface area (Å²) in [4.78, 5) is 12.1. The number of hydrogen-bond donors (Lipinski definition) is 1. The number of rotatable bonds is 5. The van der Waals surface area contributed by atoms with Crippen molar-refractivity contribution in [2.75, 3.05) is 13.1 Å². The first kappa shape index (κ1) is 17.4. The van der Waals surface area contributed by atoms with Crippen LogP contribution in [0.15, 0.2) is 18.2 Å². The molecular formula is C13H15F5N2O. The highest BCUT2D eigenvalue weighted by atomic mass is 19.4. The molecule has 3 nitrogen and oxygen atoms in total. The third-order valence-corrected chi connectivity index (χ3v) is 2.75. The van der Waals surface area contributed by atoms with Crippen LogP contribution in [0.25, 0.3) is 0 Å². The number of carbonyl (C=O) groups is 1. The lowest BCUT2D eigenvalue weighted by atomic mass is 10.1. The van der Waals surface area contributed by atoms with Gasteiger partial charge in [0.2, 0.25) is 5.91 Å². The molecule has 0 aromatic heterocycles. The minimum atomic E-state index is -4.59. The van der Waals surface area contributed by atoms with Crippen molar-refractivity contribution >= 4 is 5.91 Å². The topological polar surface area (TPSA) is 46.3 Å². The van der Waals surface area contributed by atoms with Crippen molar-refractivity contribution in [3.63, 3.8) is 0 Å². The molecule has 0 unspecified atom stereocenters. The van der Waals surface area contributed by atoms with Crippen LogP contribution < -0.4 is 5.73 Å². The summed E-state index contributed by atoms with van der Waals surface area (Å²) in [5, 5.41) is 0. The Hall–Kier alpha value is -1.70. The molecule has 8 heteroatoms. The zero-order valence-electron chi connectivity index (χ0n) is 11.3. The lowest BCUT2D eigenvalue weighted by molar-refractivity contribution is -0.161. The average Bonchev–Trinajstić information content (AvgIpc) is 2.36. The molecule has 2 N–H and O–H groups in total. The van der Waals surface area contributed by atoms with Crippen LogP contribution in [-0.2, 0) is 11.2 Å². The fourth-order valence-corrected chi connectivity index (χ4v) is 1.77. The van der Waals surface area contributed by atoms with Crippen molar-refractivity contribution in [3.8, 4) is 0 Å². The molecule has 1 amide bonds. The van der Waals surface area contributed by atoms with Gasteiger partial charge in [0.05, 0.1) is 6.04 Å². The van der Waals surface area contributed by atoms with E-state index in [2.05, 4.69) is 0 Å². The summed E-state index contributed by atoms with van der Waals surface area (Å²) in [6, 6.07) is 2.29. The predicted molar refractivity (Wildman–Crippen MR) is 66.3 cm³/mol. The second kappa shape index (κ2) is 6.84. The molecule has 118 valence electrons. The molecule has 0 spiro atoms. The maximum Gasteiger partial charge on any atom is 0.406 e. The molecular weight excluding hydrogens is 295 g/mol. The van der Waals surface area contributed by atoms with Crippen molar-refractivity contribution < 1.29 is 26.7 Å². The quantitative estimate of drug-likeness (QED) is 0.848. The van der Waals surface area contributed by atoms with Crippen LogP contribution >= 0.6 is 0 Å². The standard InChI is InChI=1S/C13H15F5N2O/c1-8(19)12(21)20(7-13(16,17)18)6-5-9-3-2-4-10(14)11(9)15/h2-4,8H,5-7,19H2,1H3/t8-/m1/s1. The van der Waals surface area contributed by atoms with Crippen molar-refractivity contribution in [1.29, 1.82) is 0 Å². The summed E-state index contributed by atoms with van der Waals surface area (Å²) < 4.78 is 63.7. The number of carbonyl (C=O) groups excluding carboxylic acids is 1. The van der Waals surface area contributed by atoms with Gasteiger partial charge in [-0.05, 0) is 25.0 Å². The Morgan fingerprint density at radius 1 is 1.33 bits per heavy atom. The van der Waals surface area contributed by atoms with Crippen molar-refractivity contribution in [2.45, 2.75) is 25.6 Å². The van der Waals surface area contributed by atoms with E-state index in [0.717, 1.165) is 6.07 Å². The normalized spacial score (nSPS) is 13.1. The van der Waals surface area contributed by atoms with Gasteiger partial charge in [-0.2, -0.15) is 13.2 Å². The molecule has 0 saturated carbocycles. The fourth-order valence-electron chi connectivity index (χ4n) is 1.77. The zero-order chi connectivity index (χ0) is 16.2. The van der Waals surface area contributed by atoms with Gasteiger partial charge in [-0.1, -0.05) is 12.1 Å². The number of amides is 1. The summed E-state index contributed by atoms with van der Waals surface area (Å²) in [7, 11) is 0. The Morgan fingerprint density at radius 2 is 1.95 bits per heavy atom. The van der Waals surface area contributed by atoms with E-state index < -0.39 is 42.8 Å². The van der Waals surface area contributed by atoms with Crippen molar-refractivity contribution in [3.05, 3.63) is 35.4 Å². The minimum Gasteiger partial charge on any atom is -0.332 e. The maximum atomic E-state index is 13.4. The molecule has 1 aromatic rings. The van der Waals surface area contributed by atoms with Gasteiger partial charge >= 0.3 is 6.18 Å². The molecule has 0 aliphatic heterocycles. The third-order valence-electron chi connectivity index (χ3n) is 2.75. The molecule has 0 bridgehead atoms. The number of nitrogens with two attached hydrogens (primary N) is 1. The van der Waals surface area contributed by atoms with Crippen LogP contribution in [0.5, 0.6) is 0 Å². The number of hydrogen-bond acceptors (Lipinski definition) is 2. The van der Waals surface area contributed by atoms with Crippen LogP contribution in [-0.4, -0.2) is 36.1 Å².